The molecule has 4 aromatic rings. The molecule has 1 saturated heterocycles. The van der Waals surface area contributed by atoms with Gasteiger partial charge in [0, 0.05) is 36.9 Å². The van der Waals surface area contributed by atoms with Gasteiger partial charge >= 0.3 is 0 Å². The van der Waals surface area contributed by atoms with E-state index in [1.807, 2.05) is 55.6 Å². The summed E-state index contributed by atoms with van der Waals surface area (Å²) < 4.78 is 6.08. The third-order valence-electron chi connectivity index (χ3n) is 5.53. The molecular formula is C25H25N5O. The van der Waals surface area contributed by atoms with Crippen molar-refractivity contribution >= 4 is 22.5 Å². The van der Waals surface area contributed by atoms with E-state index in [0.29, 0.717) is 6.61 Å². The molecule has 0 radical (unpaired) electrons. The Hall–Kier alpha value is -3.35. The Morgan fingerprint density at radius 1 is 0.968 bits per heavy atom. The molecule has 0 amide bonds. The standard InChI is InChI=1S/C25H25N5O/c1-18-6-2-11-24(27-18)29-25-12-4-10-22(28-25)23-17-30(14-15-31-23)16-19-7-3-9-21-20(19)8-5-13-26-21/h2-13,23H,14-17H2,1H3,(H,27,28,29)/t23-/m1/s1. The molecule has 6 heteroatoms. The van der Waals surface area contributed by atoms with E-state index >= 15 is 0 Å². The molecular weight excluding hydrogens is 386 g/mol. The fraction of sp³-hybridized carbons (Fsp3) is 0.240. The van der Waals surface area contributed by atoms with Gasteiger partial charge in [0.15, 0.2) is 0 Å². The van der Waals surface area contributed by atoms with Crippen LogP contribution >= 0.6 is 0 Å². The highest BCUT2D eigenvalue weighted by atomic mass is 16.5. The van der Waals surface area contributed by atoms with Crippen LogP contribution in [0.25, 0.3) is 10.9 Å². The molecule has 31 heavy (non-hydrogen) atoms. The summed E-state index contributed by atoms with van der Waals surface area (Å²) in [4.78, 5) is 16.2. The van der Waals surface area contributed by atoms with E-state index in [1.54, 1.807) is 0 Å². The fourth-order valence-electron chi connectivity index (χ4n) is 4.02. The first-order valence-corrected chi connectivity index (χ1v) is 10.6. The molecule has 1 aliphatic heterocycles. The zero-order chi connectivity index (χ0) is 21.0. The number of fused-ring (bicyclic) bond motifs is 1. The minimum atomic E-state index is -0.0610. The summed E-state index contributed by atoms with van der Waals surface area (Å²) in [5.41, 5.74) is 4.23. The predicted molar refractivity (Wildman–Crippen MR) is 122 cm³/mol. The highest BCUT2D eigenvalue weighted by molar-refractivity contribution is 5.81. The van der Waals surface area contributed by atoms with Gasteiger partial charge in [-0.2, -0.15) is 0 Å². The lowest BCUT2D eigenvalue weighted by Gasteiger charge is -2.33. The fourth-order valence-corrected chi connectivity index (χ4v) is 4.02. The molecule has 0 aliphatic carbocycles. The lowest BCUT2D eigenvalue weighted by molar-refractivity contribution is -0.0348. The smallest absolute Gasteiger partial charge is 0.131 e. The highest BCUT2D eigenvalue weighted by Gasteiger charge is 2.23. The maximum absolute atomic E-state index is 6.08. The molecule has 1 fully saturated rings. The summed E-state index contributed by atoms with van der Waals surface area (Å²) >= 11 is 0. The molecule has 3 aromatic heterocycles. The Morgan fingerprint density at radius 2 is 1.81 bits per heavy atom. The van der Waals surface area contributed by atoms with Crippen LogP contribution in [-0.4, -0.2) is 39.5 Å². The van der Waals surface area contributed by atoms with Crippen molar-refractivity contribution in [2.75, 3.05) is 25.0 Å². The largest absolute Gasteiger partial charge is 0.369 e. The van der Waals surface area contributed by atoms with Crippen LogP contribution in [-0.2, 0) is 11.3 Å². The number of hydrogen-bond acceptors (Lipinski definition) is 6. The lowest BCUT2D eigenvalue weighted by atomic mass is 10.1. The number of morpholine rings is 1. The Balaban J connectivity index is 1.31. The van der Waals surface area contributed by atoms with Crippen molar-refractivity contribution < 1.29 is 4.74 Å². The van der Waals surface area contributed by atoms with Crippen LogP contribution in [0.1, 0.15) is 23.1 Å². The summed E-state index contributed by atoms with van der Waals surface area (Å²) in [6.45, 7) is 5.24. The van der Waals surface area contributed by atoms with Gasteiger partial charge in [0.1, 0.15) is 17.7 Å². The third-order valence-corrected chi connectivity index (χ3v) is 5.53. The number of aryl methyl sites for hydroxylation is 1. The van der Waals surface area contributed by atoms with Gasteiger partial charge in [-0.3, -0.25) is 9.88 Å². The summed E-state index contributed by atoms with van der Waals surface area (Å²) in [6.07, 6.45) is 1.78. The molecule has 5 rings (SSSR count). The minimum Gasteiger partial charge on any atom is -0.369 e. The summed E-state index contributed by atoms with van der Waals surface area (Å²) in [6, 6.07) is 22.4. The number of aromatic nitrogens is 3. The van der Waals surface area contributed by atoms with Crippen LogP contribution in [0, 0.1) is 6.92 Å². The van der Waals surface area contributed by atoms with E-state index in [-0.39, 0.29) is 6.10 Å². The third kappa shape index (κ3) is 4.55. The summed E-state index contributed by atoms with van der Waals surface area (Å²) in [7, 11) is 0. The van der Waals surface area contributed by atoms with Gasteiger partial charge in [0.2, 0.25) is 0 Å². The van der Waals surface area contributed by atoms with Crippen LogP contribution in [0.4, 0.5) is 11.6 Å². The Labute approximate surface area is 181 Å². The van der Waals surface area contributed by atoms with Gasteiger partial charge in [-0.25, -0.2) is 9.97 Å². The van der Waals surface area contributed by atoms with E-state index in [2.05, 4.69) is 44.5 Å². The zero-order valence-electron chi connectivity index (χ0n) is 17.5. The van der Waals surface area contributed by atoms with Gasteiger partial charge < -0.3 is 10.1 Å². The van der Waals surface area contributed by atoms with E-state index in [9.17, 15) is 0 Å². The molecule has 1 aromatic carbocycles. The normalized spacial score (nSPS) is 17.0. The maximum atomic E-state index is 6.08. The van der Waals surface area contributed by atoms with Crippen molar-refractivity contribution in [1.82, 2.24) is 19.9 Å². The molecule has 156 valence electrons. The van der Waals surface area contributed by atoms with Crippen LogP contribution < -0.4 is 5.32 Å². The maximum Gasteiger partial charge on any atom is 0.131 e. The Morgan fingerprint density at radius 3 is 2.71 bits per heavy atom. The molecule has 0 bridgehead atoms. The first-order valence-electron chi connectivity index (χ1n) is 10.6. The van der Waals surface area contributed by atoms with Crippen LogP contribution in [0.3, 0.4) is 0 Å². The zero-order valence-corrected chi connectivity index (χ0v) is 17.5. The highest BCUT2D eigenvalue weighted by Crippen LogP contribution is 2.25. The molecule has 4 heterocycles. The second-order valence-corrected chi connectivity index (χ2v) is 7.82. The van der Waals surface area contributed by atoms with E-state index in [4.69, 9.17) is 9.72 Å². The molecule has 6 nitrogen and oxygen atoms in total. The summed E-state index contributed by atoms with van der Waals surface area (Å²) in [5, 5.41) is 4.51. The second-order valence-electron chi connectivity index (χ2n) is 7.82. The second kappa shape index (κ2) is 8.79. The summed E-state index contributed by atoms with van der Waals surface area (Å²) in [5.74, 6) is 1.57. The van der Waals surface area contributed by atoms with E-state index in [1.165, 1.54) is 10.9 Å². The first kappa shape index (κ1) is 19.6. The molecule has 1 N–H and O–H groups in total. The van der Waals surface area contributed by atoms with Crippen molar-refractivity contribution in [2.45, 2.75) is 19.6 Å². The average molecular weight is 412 g/mol. The van der Waals surface area contributed by atoms with E-state index < -0.39 is 0 Å². The van der Waals surface area contributed by atoms with Crippen LogP contribution in [0.2, 0.25) is 0 Å². The quantitative estimate of drug-likeness (QED) is 0.516. The number of rotatable bonds is 5. The SMILES string of the molecule is Cc1cccc(Nc2cccc([C@H]3CN(Cc4cccc5ncccc45)CCO3)n2)n1. The number of benzene rings is 1. The molecule has 0 spiro atoms. The number of nitrogens with zero attached hydrogens (tertiary/aromatic N) is 4. The average Bonchev–Trinajstić information content (AvgIpc) is 2.80. The number of pyridine rings is 3. The number of nitrogens with one attached hydrogen (secondary N) is 1. The molecule has 1 aliphatic rings. The van der Waals surface area contributed by atoms with Gasteiger partial charge in [0.25, 0.3) is 0 Å². The van der Waals surface area contributed by atoms with Crippen molar-refractivity contribution in [1.29, 1.82) is 0 Å². The first-order chi connectivity index (χ1) is 15.2. The van der Waals surface area contributed by atoms with Gasteiger partial charge in [0.05, 0.1) is 17.8 Å². The molecule has 1 atom stereocenters. The van der Waals surface area contributed by atoms with Crippen molar-refractivity contribution in [2.24, 2.45) is 0 Å². The Kier molecular flexibility index (Phi) is 5.56. The van der Waals surface area contributed by atoms with Crippen LogP contribution in [0.5, 0.6) is 0 Å². The van der Waals surface area contributed by atoms with Gasteiger partial charge in [-0.1, -0.05) is 30.3 Å². The van der Waals surface area contributed by atoms with Gasteiger partial charge in [-0.15, -0.1) is 0 Å². The lowest BCUT2D eigenvalue weighted by Crippen LogP contribution is -2.38. The van der Waals surface area contributed by atoms with E-state index in [0.717, 1.165) is 48.2 Å². The predicted octanol–water partition coefficient (Wildman–Crippen LogP) is 4.65. The topological polar surface area (TPSA) is 63.2 Å². The Bertz CT molecular complexity index is 1190. The van der Waals surface area contributed by atoms with Crippen molar-refractivity contribution in [3.8, 4) is 0 Å². The van der Waals surface area contributed by atoms with Gasteiger partial charge in [-0.05, 0) is 48.9 Å². The monoisotopic (exact) mass is 411 g/mol. The number of hydrogen-bond donors (Lipinski definition) is 1. The van der Waals surface area contributed by atoms with Crippen molar-refractivity contribution in [3.05, 3.63) is 89.9 Å². The number of ether oxygens (including phenoxy) is 1. The van der Waals surface area contributed by atoms with Crippen molar-refractivity contribution in [3.63, 3.8) is 0 Å². The minimum absolute atomic E-state index is 0.0610. The molecule has 0 saturated carbocycles. The van der Waals surface area contributed by atoms with Crippen LogP contribution in [0.15, 0.2) is 72.9 Å². The number of anilines is 2. The molecule has 0 unspecified atom stereocenters.